The zero-order valence-corrected chi connectivity index (χ0v) is 13.9. The van der Waals surface area contributed by atoms with Gasteiger partial charge in [-0.3, -0.25) is 4.79 Å². The first-order chi connectivity index (χ1) is 12.0. The molecule has 25 heavy (non-hydrogen) atoms. The van der Waals surface area contributed by atoms with Crippen LogP contribution >= 0.6 is 0 Å². The number of ether oxygens (including phenoxy) is 2. The number of benzene rings is 2. The molecule has 0 aliphatic rings. The first kappa shape index (κ1) is 16.6. The van der Waals surface area contributed by atoms with Crippen molar-refractivity contribution in [2.75, 3.05) is 14.2 Å². The summed E-state index contributed by atoms with van der Waals surface area (Å²) in [7, 11) is 3.08. The Balaban J connectivity index is 2.04. The molecular formula is C19H17NO5. The van der Waals surface area contributed by atoms with Crippen molar-refractivity contribution in [2.24, 2.45) is 0 Å². The summed E-state index contributed by atoms with van der Waals surface area (Å²) in [5.41, 5.74) is 0.877. The number of aromatic carboxylic acids is 1. The van der Waals surface area contributed by atoms with Gasteiger partial charge in [0.1, 0.15) is 11.5 Å². The Morgan fingerprint density at radius 3 is 2.36 bits per heavy atom. The van der Waals surface area contributed by atoms with Gasteiger partial charge in [0.05, 0.1) is 31.7 Å². The lowest BCUT2D eigenvalue weighted by Crippen LogP contribution is -2.20. The molecule has 0 saturated heterocycles. The first-order valence-electron chi connectivity index (χ1n) is 7.61. The molecule has 2 aromatic carbocycles. The van der Waals surface area contributed by atoms with Gasteiger partial charge in [0.2, 0.25) is 0 Å². The molecule has 6 nitrogen and oxygen atoms in total. The summed E-state index contributed by atoms with van der Waals surface area (Å²) in [6.45, 7) is 0.341. The van der Waals surface area contributed by atoms with E-state index in [2.05, 4.69) is 0 Å². The van der Waals surface area contributed by atoms with Gasteiger partial charge >= 0.3 is 5.97 Å². The van der Waals surface area contributed by atoms with Crippen molar-refractivity contribution in [3.8, 4) is 11.5 Å². The molecule has 1 heterocycles. The van der Waals surface area contributed by atoms with E-state index < -0.39 is 5.97 Å². The molecule has 0 spiro atoms. The second-order valence-electron chi connectivity index (χ2n) is 5.54. The van der Waals surface area contributed by atoms with Crippen LogP contribution in [-0.2, 0) is 6.54 Å². The van der Waals surface area contributed by atoms with Crippen LogP contribution in [0.2, 0.25) is 0 Å². The number of fused-ring (bicyclic) bond motifs is 1. The number of carboxylic acid groups (broad SMARTS) is 1. The molecule has 128 valence electrons. The largest absolute Gasteiger partial charge is 0.497 e. The maximum absolute atomic E-state index is 12.8. The van der Waals surface area contributed by atoms with E-state index in [0.29, 0.717) is 28.8 Å². The minimum Gasteiger partial charge on any atom is -0.497 e. The fraction of sp³-hybridized carbons (Fsp3) is 0.158. The maximum atomic E-state index is 12.8. The topological polar surface area (TPSA) is 77.8 Å². The van der Waals surface area contributed by atoms with Gasteiger partial charge in [-0.25, -0.2) is 4.79 Å². The van der Waals surface area contributed by atoms with E-state index >= 15 is 0 Å². The van der Waals surface area contributed by atoms with Crippen LogP contribution in [0, 0.1) is 0 Å². The van der Waals surface area contributed by atoms with Gasteiger partial charge in [-0.05, 0) is 29.8 Å². The normalized spacial score (nSPS) is 10.6. The van der Waals surface area contributed by atoms with Gasteiger partial charge in [0.25, 0.3) is 5.56 Å². The van der Waals surface area contributed by atoms with Crippen LogP contribution in [0.1, 0.15) is 15.9 Å². The molecule has 0 unspecified atom stereocenters. The Labute approximate surface area is 143 Å². The highest BCUT2D eigenvalue weighted by Crippen LogP contribution is 2.29. The molecule has 0 radical (unpaired) electrons. The number of pyridine rings is 1. The number of carboxylic acids is 1. The Bertz CT molecular complexity index is 989. The second kappa shape index (κ2) is 6.68. The number of rotatable bonds is 5. The van der Waals surface area contributed by atoms with Crippen LogP contribution < -0.4 is 15.0 Å². The molecule has 3 rings (SSSR count). The number of hydrogen-bond acceptors (Lipinski definition) is 4. The quantitative estimate of drug-likeness (QED) is 0.773. The number of hydrogen-bond donors (Lipinski definition) is 1. The molecule has 3 aromatic rings. The minimum absolute atomic E-state index is 0.169. The average Bonchev–Trinajstić information content (AvgIpc) is 2.63. The summed E-state index contributed by atoms with van der Waals surface area (Å²) in [6.07, 6.45) is 1.70. The second-order valence-corrected chi connectivity index (χ2v) is 5.54. The molecule has 0 bridgehead atoms. The molecule has 1 N–H and O–H groups in total. The van der Waals surface area contributed by atoms with Crippen LogP contribution in [0.25, 0.3) is 10.8 Å². The van der Waals surface area contributed by atoms with E-state index in [4.69, 9.17) is 14.6 Å². The van der Waals surface area contributed by atoms with Gasteiger partial charge in [-0.15, -0.1) is 0 Å². The predicted octanol–water partition coefficient (Wildman–Crippen LogP) is 2.77. The van der Waals surface area contributed by atoms with E-state index in [1.807, 2.05) is 6.07 Å². The van der Waals surface area contributed by atoms with E-state index in [9.17, 15) is 9.59 Å². The lowest BCUT2D eigenvalue weighted by atomic mass is 10.1. The molecule has 0 saturated carbocycles. The van der Waals surface area contributed by atoms with Crippen LogP contribution in [0.5, 0.6) is 11.5 Å². The summed E-state index contributed by atoms with van der Waals surface area (Å²) in [4.78, 5) is 23.7. The Morgan fingerprint density at radius 2 is 1.76 bits per heavy atom. The van der Waals surface area contributed by atoms with Gasteiger partial charge in [-0.1, -0.05) is 12.1 Å². The summed E-state index contributed by atoms with van der Waals surface area (Å²) in [6, 6.07) is 11.7. The van der Waals surface area contributed by atoms with Crippen LogP contribution in [0.3, 0.4) is 0 Å². The molecule has 0 aliphatic carbocycles. The van der Waals surface area contributed by atoms with Crippen molar-refractivity contribution < 1.29 is 19.4 Å². The summed E-state index contributed by atoms with van der Waals surface area (Å²) in [5.74, 6) is 0.142. The highest BCUT2D eigenvalue weighted by Gasteiger charge is 2.11. The van der Waals surface area contributed by atoms with Crippen molar-refractivity contribution in [2.45, 2.75) is 6.54 Å². The van der Waals surface area contributed by atoms with Crippen molar-refractivity contribution in [3.63, 3.8) is 0 Å². The predicted molar refractivity (Wildman–Crippen MR) is 93.8 cm³/mol. The third-order valence-electron chi connectivity index (χ3n) is 4.04. The number of nitrogens with zero attached hydrogens (tertiary/aromatic N) is 1. The van der Waals surface area contributed by atoms with E-state index in [-0.39, 0.29) is 11.1 Å². The van der Waals surface area contributed by atoms with E-state index in [1.165, 1.54) is 19.2 Å². The molecule has 0 aliphatic heterocycles. The SMILES string of the molecule is COc1cc(OC)c2ccn(Cc3ccc(C(=O)O)cc3)c(=O)c2c1. The molecule has 0 amide bonds. The fourth-order valence-corrected chi connectivity index (χ4v) is 2.70. The third-order valence-corrected chi connectivity index (χ3v) is 4.04. The maximum Gasteiger partial charge on any atom is 0.335 e. The lowest BCUT2D eigenvalue weighted by molar-refractivity contribution is 0.0697. The zero-order chi connectivity index (χ0) is 18.0. The van der Waals surface area contributed by atoms with Crippen LogP contribution in [0.15, 0.2) is 53.5 Å². The third kappa shape index (κ3) is 3.19. The fourth-order valence-electron chi connectivity index (χ4n) is 2.70. The highest BCUT2D eigenvalue weighted by atomic mass is 16.5. The van der Waals surface area contributed by atoms with E-state index in [1.54, 1.807) is 42.1 Å². The smallest absolute Gasteiger partial charge is 0.335 e. The van der Waals surface area contributed by atoms with Crippen molar-refractivity contribution in [3.05, 3.63) is 70.1 Å². The molecular weight excluding hydrogens is 322 g/mol. The molecule has 1 aromatic heterocycles. The number of carbonyl (C=O) groups is 1. The lowest BCUT2D eigenvalue weighted by Gasteiger charge is -2.11. The van der Waals surface area contributed by atoms with Gasteiger partial charge < -0.3 is 19.1 Å². The van der Waals surface area contributed by atoms with Gasteiger partial charge in [0, 0.05) is 17.6 Å². The first-order valence-corrected chi connectivity index (χ1v) is 7.61. The standard InChI is InChI=1S/C19H17NO5/c1-24-14-9-16-15(17(10-14)25-2)7-8-20(18(16)21)11-12-3-5-13(6-4-12)19(22)23/h3-10H,11H2,1-2H3,(H,22,23). The number of methoxy groups -OCH3 is 2. The Kier molecular flexibility index (Phi) is 4.43. The summed E-state index contributed by atoms with van der Waals surface area (Å²) in [5, 5.41) is 10.2. The number of aromatic nitrogens is 1. The van der Waals surface area contributed by atoms with E-state index in [0.717, 1.165) is 5.56 Å². The summed E-state index contributed by atoms with van der Waals surface area (Å²) >= 11 is 0. The molecule has 0 atom stereocenters. The zero-order valence-electron chi connectivity index (χ0n) is 13.9. The van der Waals surface area contributed by atoms with Gasteiger partial charge in [-0.2, -0.15) is 0 Å². The van der Waals surface area contributed by atoms with Gasteiger partial charge in [0.15, 0.2) is 0 Å². The Hall–Kier alpha value is -3.28. The summed E-state index contributed by atoms with van der Waals surface area (Å²) < 4.78 is 12.1. The van der Waals surface area contributed by atoms with Crippen molar-refractivity contribution in [1.82, 2.24) is 4.57 Å². The molecule has 6 heteroatoms. The highest BCUT2D eigenvalue weighted by molar-refractivity contribution is 5.89. The van der Waals surface area contributed by atoms with Crippen molar-refractivity contribution in [1.29, 1.82) is 0 Å². The van der Waals surface area contributed by atoms with Crippen LogP contribution in [-0.4, -0.2) is 29.9 Å². The minimum atomic E-state index is -0.978. The van der Waals surface area contributed by atoms with Crippen molar-refractivity contribution >= 4 is 16.7 Å². The Morgan fingerprint density at radius 1 is 1.04 bits per heavy atom. The molecule has 0 fully saturated rings. The monoisotopic (exact) mass is 339 g/mol. The average molecular weight is 339 g/mol. The van der Waals surface area contributed by atoms with Crippen LogP contribution in [0.4, 0.5) is 0 Å².